The Morgan fingerprint density at radius 2 is 2.12 bits per heavy atom. The predicted octanol–water partition coefficient (Wildman–Crippen LogP) is 3.06. The fourth-order valence-corrected chi connectivity index (χ4v) is 3.42. The largest absolute Gasteiger partial charge is 0.360 e. The first-order valence-electron chi connectivity index (χ1n) is 7.86. The molecule has 25 heavy (non-hydrogen) atoms. The van der Waals surface area contributed by atoms with Crippen LogP contribution < -0.4 is 0 Å². The monoisotopic (exact) mass is 346 g/mol. The molecule has 2 unspecified atom stereocenters. The zero-order chi connectivity index (χ0) is 17.1. The topological polar surface area (TPSA) is 87.1 Å². The Morgan fingerprint density at radius 3 is 2.92 bits per heavy atom. The molecule has 7 nitrogen and oxygen atoms in total. The average Bonchev–Trinajstić information content (AvgIpc) is 3.13. The van der Waals surface area contributed by atoms with Crippen LogP contribution in [0.2, 0.25) is 0 Å². The van der Waals surface area contributed by atoms with Gasteiger partial charge >= 0.3 is 0 Å². The number of rotatable bonds is 3. The van der Waals surface area contributed by atoms with Gasteiger partial charge in [0.25, 0.3) is 11.8 Å². The molecule has 1 aliphatic carbocycles. The molecule has 4 heterocycles. The summed E-state index contributed by atoms with van der Waals surface area (Å²) in [4.78, 5) is 8.10. The second kappa shape index (κ2) is 4.92. The number of halogens is 2. The van der Waals surface area contributed by atoms with Crippen LogP contribution in [0.15, 0.2) is 39.6 Å². The summed E-state index contributed by atoms with van der Waals surface area (Å²) < 4.78 is 44.1. The van der Waals surface area contributed by atoms with Crippen molar-refractivity contribution in [1.29, 1.82) is 0 Å². The van der Waals surface area contributed by atoms with Crippen LogP contribution in [0, 0.1) is 5.92 Å². The third-order valence-corrected chi connectivity index (χ3v) is 4.74. The number of nitrogens with zero attached hydrogens (tertiary/aromatic N) is 4. The number of fused-ring (bicyclic) bond motifs is 1. The lowest BCUT2D eigenvalue weighted by Crippen LogP contribution is -2.25. The number of aromatic nitrogens is 4. The van der Waals surface area contributed by atoms with Gasteiger partial charge in [0.05, 0.1) is 5.92 Å². The van der Waals surface area contributed by atoms with Crippen LogP contribution in [-0.2, 0) is 10.3 Å². The highest BCUT2D eigenvalue weighted by molar-refractivity contribution is 5.61. The van der Waals surface area contributed by atoms with Crippen molar-refractivity contribution in [2.45, 2.75) is 24.4 Å². The smallest absolute Gasteiger partial charge is 0.290 e. The van der Waals surface area contributed by atoms with Crippen molar-refractivity contribution in [2.75, 3.05) is 6.61 Å². The normalized spacial score (nSPS) is 27.0. The van der Waals surface area contributed by atoms with Crippen molar-refractivity contribution in [3.8, 4) is 22.9 Å². The Kier molecular flexibility index (Phi) is 2.88. The fraction of sp³-hybridized carbons (Fsp3) is 0.375. The SMILES string of the molecule is FC1(F)C2CCCOC21c1noc(-c2cc(-c3cccnc3)on2)n1. The van der Waals surface area contributed by atoms with E-state index in [4.69, 9.17) is 13.8 Å². The van der Waals surface area contributed by atoms with Gasteiger partial charge in [0, 0.05) is 30.6 Å². The minimum absolute atomic E-state index is 0.0129. The van der Waals surface area contributed by atoms with E-state index in [0.717, 1.165) is 5.56 Å². The first kappa shape index (κ1) is 14.6. The summed E-state index contributed by atoms with van der Waals surface area (Å²) in [6.45, 7) is 0.255. The third kappa shape index (κ3) is 1.92. The third-order valence-electron chi connectivity index (χ3n) is 4.74. The van der Waals surface area contributed by atoms with Gasteiger partial charge in [-0.15, -0.1) is 0 Å². The summed E-state index contributed by atoms with van der Waals surface area (Å²) in [5.41, 5.74) is -0.766. The molecule has 3 aromatic rings. The van der Waals surface area contributed by atoms with Crippen LogP contribution in [-0.4, -0.2) is 32.8 Å². The van der Waals surface area contributed by atoms with Crippen molar-refractivity contribution in [3.05, 3.63) is 36.4 Å². The van der Waals surface area contributed by atoms with Crippen molar-refractivity contribution in [3.63, 3.8) is 0 Å². The quantitative estimate of drug-likeness (QED) is 0.720. The van der Waals surface area contributed by atoms with E-state index in [9.17, 15) is 8.78 Å². The minimum atomic E-state index is -2.98. The molecule has 0 spiro atoms. The summed E-state index contributed by atoms with van der Waals surface area (Å²) >= 11 is 0. The Morgan fingerprint density at radius 1 is 1.20 bits per heavy atom. The highest BCUT2D eigenvalue weighted by Crippen LogP contribution is 2.70. The molecule has 2 fully saturated rings. The second-order valence-electron chi connectivity index (χ2n) is 6.14. The minimum Gasteiger partial charge on any atom is -0.360 e. The summed E-state index contributed by atoms with van der Waals surface area (Å²) in [5.74, 6) is -3.54. The first-order valence-corrected chi connectivity index (χ1v) is 7.86. The Balaban J connectivity index is 1.47. The van der Waals surface area contributed by atoms with E-state index in [1.54, 1.807) is 30.6 Å². The van der Waals surface area contributed by atoms with Gasteiger partial charge in [0.15, 0.2) is 11.5 Å². The molecular weight excluding hydrogens is 334 g/mol. The maximum Gasteiger partial charge on any atom is 0.290 e. The summed E-state index contributed by atoms with van der Waals surface area (Å²) in [6, 6.07) is 5.16. The maximum absolute atomic E-state index is 14.2. The first-order chi connectivity index (χ1) is 12.1. The van der Waals surface area contributed by atoms with Crippen molar-refractivity contribution in [1.82, 2.24) is 20.3 Å². The van der Waals surface area contributed by atoms with Gasteiger partial charge in [0.2, 0.25) is 11.4 Å². The van der Waals surface area contributed by atoms with E-state index < -0.39 is 17.4 Å². The van der Waals surface area contributed by atoms with Gasteiger partial charge in [-0.05, 0) is 25.0 Å². The summed E-state index contributed by atoms with van der Waals surface area (Å²) in [7, 11) is 0. The molecule has 5 rings (SSSR count). The highest BCUT2D eigenvalue weighted by Gasteiger charge is 2.85. The zero-order valence-electron chi connectivity index (χ0n) is 12.9. The van der Waals surface area contributed by atoms with Crippen LogP contribution in [0.1, 0.15) is 18.7 Å². The molecule has 0 aromatic carbocycles. The van der Waals surface area contributed by atoms with E-state index in [1.165, 1.54) is 0 Å². The van der Waals surface area contributed by atoms with Gasteiger partial charge < -0.3 is 13.8 Å². The number of alkyl halides is 2. The van der Waals surface area contributed by atoms with Crippen molar-refractivity contribution in [2.24, 2.45) is 5.92 Å². The van der Waals surface area contributed by atoms with Crippen LogP contribution in [0.25, 0.3) is 22.9 Å². The summed E-state index contributed by atoms with van der Waals surface area (Å²) in [5, 5.41) is 7.59. The molecule has 0 radical (unpaired) electrons. The Labute approximate surface area is 140 Å². The van der Waals surface area contributed by atoms with E-state index >= 15 is 0 Å². The number of pyridine rings is 1. The lowest BCUT2D eigenvalue weighted by Gasteiger charge is -2.17. The molecule has 3 aromatic heterocycles. The average molecular weight is 346 g/mol. The molecule has 0 amide bonds. The lowest BCUT2D eigenvalue weighted by molar-refractivity contribution is -0.0704. The number of hydrogen-bond acceptors (Lipinski definition) is 7. The van der Waals surface area contributed by atoms with E-state index in [0.29, 0.717) is 18.6 Å². The molecule has 0 bridgehead atoms. The zero-order valence-corrected chi connectivity index (χ0v) is 12.9. The van der Waals surface area contributed by atoms with Crippen LogP contribution in [0.4, 0.5) is 8.78 Å². The van der Waals surface area contributed by atoms with Crippen molar-refractivity contribution < 1.29 is 22.6 Å². The van der Waals surface area contributed by atoms with Gasteiger partial charge in [0.1, 0.15) is 0 Å². The van der Waals surface area contributed by atoms with Crippen molar-refractivity contribution >= 4 is 0 Å². The molecule has 9 heteroatoms. The number of ether oxygens (including phenoxy) is 1. The molecule has 1 saturated heterocycles. The van der Waals surface area contributed by atoms with Gasteiger partial charge in [-0.1, -0.05) is 10.3 Å². The molecule has 2 atom stereocenters. The van der Waals surface area contributed by atoms with E-state index in [2.05, 4.69) is 20.3 Å². The molecule has 1 aliphatic heterocycles. The lowest BCUT2D eigenvalue weighted by atomic mass is 10.1. The molecule has 128 valence electrons. The Hall–Kier alpha value is -2.68. The Bertz CT molecular complexity index is 926. The van der Waals surface area contributed by atoms with Crippen LogP contribution >= 0.6 is 0 Å². The number of hydrogen-bond donors (Lipinski definition) is 0. The van der Waals surface area contributed by atoms with Crippen LogP contribution in [0.3, 0.4) is 0 Å². The fourth-order valence-electron chi connectivity index (χ4n) is 3.42. The van der Waals surface area contributed by atoms with Gasteiger partial charge in [-0.3, -0.25) is 4.98 Å². The van der Waals surface area contributed by atoms with E-state index in [-0.39, 0.29) is 24.0 Å². The van der Waals surface area contributed by atoms with Crippen LogP contribution in [0.5, 0.6) is 0 Å². The second-order valence-corrected chi connectivity index (χ2v) is 6.14. The highest BCUT2D eigenvalue weighted by atomic mass is 19.3. The molecular formula is C16H12F2N4O3. The van der Waals surface area contributed by atoms with Gasteiger partial charge in [-0.25, -0.2) is 8.78 Å². The maximum atomic E-state index is 14.2. The molecule has 0 N–H and O–H groups in total. The standard InChI is InChI=1S/C16H12F2N4O3/c17-16(18)12-4-2-6-23-15(12,16)14-20-13(25-22-14)10-7-11(24-21-10)9-3-1-5-19-8-9/h1,3,5,7-8,12H,2,4,6H2. The molecule has 2 aliphatic rings. The molecule has 1 saturated carbocycles. The van der Waals surface area contributed by atoms with Gasteiger partial charge in [-0.2, -0.15) is 4.98 Å². The predicted molar refractivity (Wildman–Crippen MR) is 78.3 cm³/mol. The van der Waals surface area contributed by atoms with E-state index in [1.807, 2.05) is 0 Å². The summed E-state index contributed by atoms with van der Waals surface area (Å²) in [6.07, 6.45) is 4.24.